The molecular weight excluding hydrogens is 224 g/mol. The number of nitrogens with one attached hydrogen (secondary N) is 2. The second-order valence-electron chi connectivity index (χ2n) is 4.16. The molecule has 0 aliphatic carbocycles. The van der Waals surface area contributed by atoms with Crippen LogP contribution in [0, 0.1) is 0 Å². The molecule has 1 atom stereocenters. The van der Waals surface area contributed by atoms with Crippen LogP contribution >= 0.6 is 0 Å². The quantitative estimate of drug-likeness (QED) is 0.736. The summed E-state index contributed by atoms with van der Waals surface area (Å²) < 4.78 is 0. The molecule has 1 aromatic heterocycles. The molecule has 0 aliphatic rings. The normalized spacial score (nSPS) is 12.7. The van der Waals surface area contributed by atoms with Gasteiger partial charge in [-0.3, -0.25) is 5.10 Å². The lowest BCUT2D eigenvalue weighted by Gasteiger charge is -2.16. The van der Waals surface area contributed by atoms with E-state index in [2.05, 4.69) is 63.0 Å². The zero-order valence-corrected chi connectivity index (χ0v) is 10.1. The molecule has 90 valence electrons. The van der Waals surface area contributed by atoms with E-state index >= 15 is 0 Å². The minimum Gasteiger partial charge on any atom is -0.307 e. The summed E-state index contributed by atoms with van der Waals surface area (Å²) in [6.45, 7) is 0. The molecule has 2 aromatic carbocycles. The first-order valence-electron chi connectivity index (χ1n) is 5.90. The van der Waals surface area contributed by atoms with E-state index in [9.17, 15) is 0 Å². The Bertz CT molecular complexity index is 640. The van der Waals surface area contributed by atoms with Crippen molar-refractivity contribution in [2.75, 3.05) is 7.05 Å². The maximum Gasteiger partial charge on any atom is 0.145 e. The minimum atomic E-state index is 0.0265. The van der Waals surface area contributed by atoms with Crippen molar-refractivity contribution in [1.82, 2.24) is 20.5 Å². The predicted octanol–water partition coefficient (Wildman–Crippen LogP) is 2.27. The second kappa shape index (κ2) is 4.58. The number of nitrogens with zero attached hydrogens (tertiary/aromatic N) is 2. The Morgan fingerprint density at radius 2 is 1.94 bits per heavy atom. The van der Waals surface area contributed by atoms with Crippen LogP contribution in [0.4, 0.5) is 0 Å². The fourth-order valence-electron chi connectivity index (χ4n) is 2.30. The Labute approximate surface area is 105 Å². The average molecular weight is 238 g/mol. The standard InChI is InChI=1S/C14H14N4/c1-15-13(14-16-9-17-18-14)12-8-4-6-10-5-2-3-7-11(10)12/h2-9,13,15H,1H3,(H,16,17,18). The summed E-state index contributed by atoms with van der Waals surface area (Å²) in [5, 5.41) is 12.6. The Kier molecular flexibility index (Phi) is 2.78. The number of fused-ring (bicyclic) bond motifs is 1. The van der Waals surface area contributed by atoms with Gasteiger partial charge in [0.1, 0.15) is 12.2 Å². The van der Waals surface area contributed by atoms with Crippen LogP contribution in [0.15, 0.2) is 48.8 Å². The lowest BCUT2D eigenvalue weighted by Crippen LogP contribution is -2.19. The molecule has 0 fully saturated rings. The molecule has 3 aromatic rings. The van der Waals surface area contributed by atoms with Crippen molar-refractivity contribution >= 4 is 10.8 Å². The molecule has 3 rings (SSSR count). The fourth-order valence-corrected chi connectivity index (χ4v) is 2.30. The summed E-state index contributed by atoms with van der Waals surface area (Å²) in [5.74, 6) is 0.828. The van der Waals surface area contributed by atoms with Gasteiger partial charge in [0.05, 0.1) is 6.04 Å². The van der Waals surface area contributed by atoms with Crippen molar-refractivity contribution in [2.45, 2.75) is 6.04 Å². The number of benzene rings is 2. The topological polar surface area (TPSA) is 53.6 Å². The summed E-state index contributed by atoms with van der Waals surface area (Å²) in [6.07, 6.45) is 1.53. The minimum absolute atomic E-state index is 0.0265. The first kappa shape index (κ1) is 10.9. The van der Waals surface area contributed by atoms with Gasteiger partial charge in [-0.25, -0.2) is 4.98 Å². The van der Waals surface area contributed by atoms with Gasteiger partial charge in [0.15, 0.2) is 0 Å². The van der Waals surface area contributed by atoms with Gasteiger partial charge in [-0.1, -0.05) is 42.5 Å². The van der Waals surface area contributed by atoms with E-state index in [-0.39, 0.29) is 6.04 Å². The molecule has 2 N–H and O–H groups in total. The molecular formula is C14H14N4. The monoisotopic (exact) mass is 238 g/mol. The van der Waals surface area contributed by atoms with Gasteiger partial charge in [0.2, 0.25) is 0 Å². The van der Waals surface area contributed by atoms with E-state index in [1.165, 1.54) is 22.7 Å². The summed E-state index contributed by atoms with van der Waals surface area (Å²) in [4.78, 5) is 4.24. The maximum atomic E-state index is 4.24. The number of aromatic amines is 1. The molecule has 0 saturated heterocycles. The third-order valence-corrected chi connectivity index (χ3v) is 3.13. The number of rotatable bonds is 3. The Morgan fingerprint density at radius 1 is 1.11 bits per heavy atom. The highest BCUT2D eigenvalue weighted by atomic mass is 15.2. The molecule has 0 aliphatic heterocycles. The molecule has 4 heteroatoms. The molecule has 0 bridgehead atoms. The van der Waals surface area contributed by atoms with Crippen molar-refractivity contribution in [3.63, 3.8) is 0 Å². The first-order chi connectivity index (χ1) is 8.90. The third-order valence-electron chi connectivity index (χ3n) is 3.13. The van der Waals surface area contributed by atoms with Gasteiger partial charge in [-0.05, 0) is 23.4 Å². The van der Waals surface area contributed by atoms with E-state index in [1.807, 2.05) is 7.05 Å². The van der Waals surface area contributed by atoms with E-state index in [4.69, 9.17) is 0 Å². The zero-order valence-electron chi connectivity index (χ0n) is 10.1. The molecule has 0 amide bonds. The highest BCUT2D eigenvalue weighted by Gasteiger charge is 2.16. The van der Waals surface area contributed by atoms with E-state index < -0.39 is 0 Å². The highest BCUT2D eigenvalue weighted by Crippen LogP contribution is 2.26. The van der Waals surface area contributed by atoms with Crippen molar-refractivity contribution in [3.8, 4) is 0 Å². The van der Waals surface area contributed by atoms with E-state index in [0.29, 0.717) is 0 Å². The predicted molar refractivity (Wildman–Crippen MR) is 71.2 cm³/mol. The van der Waals surface area contributed by atoms with Crippen molar-refractivity contribution in [3.05, 3.63) is 60.2 Å². The van der Waals surface area contributed by atoms with E-state index in [1.54, 1.807) is 0 Å². The molecule has 0 spiro atoms. The van der Waals surface area contributed by atoms with Gasteiger partial charge < -0.3 is 5.32 Å². The number of aromatic nitrogens is 3. The number of hydrogen-bond acceptors (Lipinski definition) is 3. The van der Waals surface area contributed by atoms with Crippen LogP contribution in [-0.2, 0) is 0 Å². The van der Waals surface area contributed by atoms with Crippen LogP contribution in [0.5, 0.6) is 0 Å². The van der Waals surface area contributed by atoms with Crippen molar-refractivity contribution in [2.24, 2.45) is 0 Å². The molecule has 1 unspecified atom stereocenters. The largest absolute Gasteiger partial charge is 0.307 e. The average Bonchev–Trinajstić information content (AvgIpc) is 2.94. The fraction of sp³-hybridized carbons (Fsp3) is 0.143. The van der Waals surface area contributed by atoms with Crippen LogP contribution in [0.25, 0.3) is 10.8 Å². The van der Waals surface area contributed by atoms with Gasteiger partial charge in [-0.2, -0.15) is 5.10 Å². The Morgan fingerprint density at radius 3 is 2.72 bits per heavy atom. The summed E-state index contributed by atoms with van der Waals surface area (Å²) in [7, 11) is 1.93. The third kappa shape index (κ3) is 1.76. The van der Waals surface area contributed by atoms with Gasteiger partial charge in [-0.15, -0.1) is 0 Å². The first-order valence-corrected chi connectivity index (χ1v) is 5.90. The number of hydrogen-bond donors (Lipinski definition) is 2. The van der Waals surface area contributed by atoms with Gasteiger partial charge >= 0.3 is 0 Å². The van der Waals surface area contributed by atoms with Crippen molar-refractivity contribution < 1.29 is 0 Å². The maximum absolute atomic E-state index is 4.24. The summed E-state index contributed by atoms with van der Waals surface area (Å²) in [5.41, 5.74) is 1.20. The lowest BCUT2D eigenvalue weighted by molar-refractivity contribution is 0.654. The number of H-pyrrole nitrogens is 1. The Hall–Kier alpha value is -2.20. The molecule has 18 heavy (non-hydrogen) atoms. The molecule has 0 saturated carbocycles. The molecule has 0 radical (unpaired) electrons. The van der Waals surface area contributed by atoms with Crippen LogP contribution in [-0.4, -0.2) is 22.2 Å². The zero-order chi connectivity index (χ0) is 12.4. The van der Waals surface area contributed by atoms with Crippen LogP contribution in [0.1, 0.15) is 17.4 Å². The second-order valence-corrected chi connectivity index (χ2v) is 4.16. The molecule has 1 heterocycles. The highest BCUT2D eigenvalue weighted by molar-refractivity contribution is 5.86. The van der Waals surface area contributed by atoms with Crippen LogP contribution in [0.3, 0.4) is 0 Å². The lowest BCUT2D eigenvalue weighted by atomic mass is 9.98. The van der Waals surface area contributed by atoms with Crippen LogP contribution in [0.2, 0.25) is 0 Å². The summed E-state index contributed by atoms with van der Waals surface area (Å²) >= 11 is 0. The van der Waals surface area contributed by atoms with Gasteiger partial charge in [0, 0.05) is 0 Å². The smallest absolute Gasteiger partial charge is 0.145 e. The van der Waals surface area contributed by atoms with E-state index in [0.717, 1.165) is 5.82 Å². The molecule has 4 nitrogen and oxygen atoms in total. The Balaban J connectivity index is 2.18. The van der Waals surface area contributed by atoms with Gasteiger partial charge in [0.25, 0.3) is 0 Å². The van der Waals surface area contributed by atoms with Crippen molar-refractivity contribution in [1.29, 1.82) is 0 Å². The van der Waals surface area contributed by atoms with Crippen LogP contribution < -0.4 is 5.32 Å². The SMILES string of the molecule is CNC(c1ncn[nH]1)c1cccc2ccccc12. The summed E-state index contributed by atoms with van der Waals surface area (Å²) in [6, 6.07) is 14.7.